The molecule has 1 aliphatic carbocycles. The van der Waals surface area contributed by atoms with Gasteiger partial charge in [-0.25, -0.2) is 0 Å². The monoisotopic (exact) mass is 298 g/mol. The third-order valence-electron chi connectivity index (χ3n) is 4.38. The van der Waals surface area contributed by atoms with Gasteiger partial charge in [-0.2, -0.15) is 0 Å². The van der Waals surface area contributed by atoms with E-state index in [1.807, 2.05) is 19.0 Å². The lowest BCUT2D eigenvalue weighted by atomic mass is 9.79. The number of hydrogen-bond donors (Lipinski definition) is 1. The van der Waals surface area contributed by atoms with E-state index in [2.05, 4.69) is 11.8 Å². The number of carboxylic acids is 1. The molecule has 0 spiro atoms. The molecule has 0 unspecified atom stereocenters. The van der Waals surface area contributed by atoms with E-state index >= 15 is 0 Å². The summed E-state index contributed by atoms with van der Waals surface area (Å²) in [6, 6.07) is 0. The molecule has 5 heteroatoms. The summed E-state index contributed by atoms with van der Waals surface area (Å²) in [5.74, 6) is -0.651. The van der Waals surface area contributed by atoms with Crippen molar-refractivity contribution in [1.82, 2.24) is 9.80 Å². The van der Waals surface area contributed by atoms with Crippen molar-refractivity contribution in [3.63, 3.8) is 0 Å². The van der Waals surface area contributed by atoms with Crippen LogP contribution in [-0.2, 0) is 9.59 Å². The molecule has 0 radical (unpaired) electrons. The SMILES string of the molecule is CCCN(CCN(C)C)C(=O)CC1(CC(=O)O)CCCC1. The highest BCUT2D eigenvalue weighted by Crippen LogP contribution is 2.44. The Hall–Kier alpha value is -1.10. The van der Waals surface area contributed by atoms with Crippen molar-refractivity contribution >= 4 is 11.9 Å². The summed E-state index contributed by atoms with van der Waals surface area (Å²) in [6.45, 7) is 4.40. The van der Waals surface area contributed by atoms with Gasteiger partial charge in [-0.15, -0.1) is 0 Å². The van der Waals surface area contributed by atoms with Crippen LogP contribution in [-0.4, -0.2) is 60.5 Å². The molecule has 122 valence electrons. The molecule has 0 bridgehead atoms. The highest BCUT2D eigenvalue weighted by molar-refractivity contribution is 5.78. The van der Waals surface area contributed by atoms with Crippen LogP contribution in [0, 0.1) is 5.41 Å². The molecule has 1 amide bonds. The summed E-state index contributed by atoms with van der Waals surface area (Å²) in [6.07, 6.45) is 5.31. The van der Waals surface area contributed by atoms with E-state index in [0.717, 1.165) is 51.7 Å². The van der Waals surface area contributed by atoms with E-state index in [1.54, 1.807) is 0 Å². The van der Waals surface area contributed by atoms with E-state index in [4.69, 9.17) is 5.11 Å². The molecule has 0 heterocycles. The first-order valence-electron chi connectivity index (χ1n) is 8.03. The predicted octanol–water partition coefficient (Wildman–Crippen LogP) is 2.21. The first-order valence-corrected chi connectivity index (χ1v) is 8.03. The van der Waals surface area contributed by atoms with Gasteiger partial charge in [0.1, 0.15) is 0 Å². The number of carbonyl (C=O) groups excluding carboxylic acids is 1. The molecule has 1 fully saturated rings. The van der Waals surface area contributed by atoms with Crippen molar-refractivity contribution in [1.29, 1.82) is 0 Å². The highest BCUT2D eigenvalue weighted by Gasteiger charge is 2.38. The summed E-state index contributed by atoms with van der Waals surface area (Å²) >= 11 is 0. The number of likely N-dealkylation sites (N-methyl/N-ethyl adjacent to an activating group) is 1. The highest BCUT2D eigenvalue weighted by atomic mass is 16.4. The van der Waals surface area contributed by atoms with Crippen molar-refractivity contribution in [2.75, 3.05) is 33.7 Å². The zero-order valence-electron chi connectivity index (χ0n) is 13.7. The third-order valence-corrected chi connectivity index (χ3v) is 4.38. The topological polar surface area (TPSA) is 60.9 Å². The van der Waals surface area contributed by atoms with Crippen LogP contribution in [0.5, 0.6) is 0 Å². The molecule has 0 aliphatic heterocycles. The Kier molecular flexibility index (Phi) is 7.15. The van der Waals surface area contributed by atoms with E-state index in [0.29, 0.717) is 6.42 Å². The molecular weight excluding hydrogens is 268 g/mol. The van der Waals surface area contributed by atoms with Crippen molar-refractivity contribution in [3.8, 4) is 0 Å². The largest absolute Gasteiger partial charge is 0.481 e. The Balaban J connectivity index is 2.66. The number of rotatable bonds is 9. The second kappa shape index (κ2) is 8.37. The normalized spacial score (nSPS) is 17.1. The summed E-state index contributed by atoms with van der Waals surface area (Å²) < 4.78 is 0. The number of carbonyl (C=O) groups is 2. The van der Waals surface area contributed by atoms with E-state index in [9.17, 15) is 9.59 Å². The quantitative estimate of drug-likeness (QED) is 0.709. The van der Waals surface area contributed by atoms with Crippen LogP contribution in [0.25, 0.3) is 0 Å². The van der Waals surface area contributed by atoms with Gasteiger partial charge in [-0.05, 0) is 38.8 Å². The summed E-state index contributed by atoms with van der Waals surface area (Å²) in [5.41, 5.74) is -0.299. The molecule has 1 aliphatic rings. The Morgan fingerprint density at radius 3 is 2.14 bits per heavy atom. The first kappa shape index (κ1) is 18.0. The predicted molar refractivity (Wildman–Crippen MR) is 83.2 cm³/mol. The Bertz CT molecular complexity index is 349. The van der Waals surface area contributed by atoms with Crippen LogP contribution in [0.4, 0.5) is 0 Å². The van der Waals surface area contributed by atoms with Crippen molar-refractivity contribution < 1.29 is 14.7 Å². The van der Waals surface area contributed by atoms with E-state index in [1.165, 1.54) is 0 Å². The van der Waals surface area contributed by atoms with Gasteiger partial charge < -0.3 is 14.9 Å². The summed E-state index contributed by atoms with van der Waals surface area (Å²) in [4.78, 5) is 27.7. The second-order valence-corrected chi connectivity index (χ2v) is 6.64. The number of amides is 1. The van der Waals surface area contributed by atoms with Gasteiger partial charge in [-0.3, -0.25) is 9.59 Å². The Morgan fingerprint density at radius 2 is 1.67 bits per heavy atom. The molecular formula is C16H30N2O3. The summed E-state index contributed by atoms with van der Waals surface area (Å²) in [7, 11) is 4.00. The van der Waals surface area contributed by atoms with Gasteiger partial charge in [0.25, 0.3) is 0 Å². The fourth-order valence-corrected chi connectivity index (χ4v) is 3.25. The van der Waals surface area contributed by atoms with Gasteiger partial charge in [0.2, 0.25) is 5.91 Å². The summed E-state index contributed by atoms with van der Waals surface area (Å²) in [5, 5.41) is 9.14. The molecule has 21 heavy (non-hydrogen) atoms. The average Bonchev–Trinajstić information content (AvgIpc) is 2.81. The lowest BCUT2D eigenvalue weighted by Gasteiger charge is -2.31. The molecule has 0 aromatic rings. The Labute approximate surface area is 128 Å². The average molecular weight is 298 g/mol. The van der Waals surface area contributed by atoms with Crippen molar-refractivity contribution in [3.05, 3.63) is 0 Å². The lowest BCUT2D eigenvalue weighted by molar-refractivity contribution is -0.141. The van der Waals surface area contributed by atoms with E-state index < -0.39 is 5.97 Å². The Morgan fingerprint density at radius 1 is 1.05 bits per heavy atom. The smallest absolute Gasteiger partial charge is 0.303 e. The molecule has 1 N–H and O–H groups in total. The molecule has 1 rings (SSSR count). The second-order valence-electron chi connectivity index (χ2n) is 6.64. The number of nitrogens with zero attached hydrogens (tertiary/aromatic N) is 2. The van der Waals surface area contributed by atoms with Crippen LogP contribution >= 0.6 is 0 Å². The minimum atomic E-state index is -0.778. The van der Waals surface area contributed by atoms with Crippen LogP contribution in [0.15, 0.2) is 0 Å². The minimum absolute atomic E-state index is 0.127. The van der Waals surface area contributed by atoms with Gasteiger partial charge in [0, 0.05) is 26.1 Å². The first-order chi connectivity index (χ1) is 9.88. The van der Waals surface area contributed by atoms with Crippen LogP contribution in [0.1, 0.15) is 51.9 Å². The minimum Gasteiger partial charge on any atom is -0.481 e. The maximum atomic E-state index is 12.6. The fourth-order valence-electron chi connectivity index (χ4n) is 3.25. The zero-order chi connectivity index (χ0) is 15.9. The van der Waals surface area contributed by atoms with Crippen molar-refractivity contribution in [2.24, 2.45) is 5.41 Å². The zero-order valence-corrected chi connectivity index (χ0v) is 13.7. The van der Waals surface area contributed by atoms with Gasteiger partial charge in [0.05, 0.1) is 6.42 Å². The van der Waals surface area contributed by atoms with Crippen molar-refractivity contribution in [2.45, 2.75) is 51.9 Å². The fraction of sp³-hybridized carbons (Fsp3) is 0.875. The number of carboxylic acid groups (broad SMARTS) is 1. The van der Waals surface area contributed by atoms with E-state index in [-0.39, 0.29) is 17.7 Å². The lowest BCUT2D eigenvalue weighted by Crippen LogP contribution is -2.40. The third kappa shape index (κ3) is 6.04. The molecule has 0 aromatic heterocycles. The molecule has 0 aromatic carbocycles. The van der Waals surface area contributed by atoms with Crippen LogP contribution in [0.3, 0.4) is 0 Å². The van der Waals surface area contributed by atoms with Gasteiger partial charge >= 0.3 is 5.97 Å². The van der Waals surface area contributed by atoms with Gasteiger partial charge in [0.15, 0.2) is 0 Å². The van der Waals surface area contributed by atoms with Gasteiger partial charge in [-0.1, -0.05) is 19.8 Å². The molecule has 5 nitrogen and oxygen atoms in total. The number of aliphatic carboxylic acids is 1. The molecule has 1 saturated carbocycles. The maximum absolute atomic E-state index is 12.6. The number of hydrogen-bond acceptors (Lipinski definition) is 3. The molecule has 0 saturated heterocycles. The maximum Gasteiger partial charge on any atom is 0.303 e. The van der Waals surface area contributed by atoms with Crippen LogP contribution < -0.4 is 0 Å². The molecule has 0 atom stereocenters. The standard InChI is InChI=1S/C16H30N2O3/c1-4-9-18(11-10-17(2)3)14(19)12-16(13-15(20)21)7-5-6-8-16/h4-13H2,1-3H3,(H,20,21). The van der Waals surface area contributed by atoms with Crippen LogP contribution in [0.2, 0.25) is 0 Å².